The number of alkyl halides is 6. The van der Waals surface area contributed by atoms with Gasteiger partial charge in [-0.3, -0.25) is 28.7 Å². The lowest BCUT2D eigenvalue weighted by Gasteiger charge is -2.30. The van der Waals surface area contributed by atoms with Crippen LogP contribution < -0.4 is 15.1 Å². The van der Waals surface area contributed by atoms with E-state index in [9.17, 15) is 45.5 Å². The highest BCUT2D eigenvalue weighted by molar-refractivity contribution is 8.00. The molecule has 1 N–H and O–H groups in total. The summed E-state index contributed by atoms with van der Waals surface area (Å²) >= 11 is 1.51. The number of imide groups is 1. The van der Waals surface area contributed by atoms with Gasteiger partial charge in [0.25, 0.3) is 0 Å². The van der Waals surface area contributed by atoms with Crippen molar-refractivity contribution in [3.63, 3.8) is 0 Å². The van der Waals surface area contributed by atoms with Gasteiger partial charge in [-0.1, -0.05) is 47.4 Å². The molecule has 2 aromatic carbocycles. The summed E-state index contributed by atoms with van der Waals surface area (Å²) in [4.78, 5) is 58.2. The Labute approximate surface area is 257 Å². The van der Waals surface area contributed by atoms with E-state index in [4.69, 9.17) is 0 Å². The first-order valence-corrected chi connectivity index (χ1v) is 14.8. The van der Waals surface area contributed by atoms with Gasteiger partial charge in [0.05, 0.1) is 33.4 Å². The van der Waals surface area contributed by atoms with Crippen LogP contribution in [0.5, 0.6) is 0 Å². The van der Waals surface area contributed by atoms with Crippen LogP contribution in [0.25, 0.3) is 0 Å². The van der Waals surface area contributed by atoms with E-state index in [0.29, 0.717) is 32.7 Å². The Bertz CT molecular complexity index is 1890. The second kappa shape index (κ2) is 11.2. The third-order valence-corrected chi connectivity index (χ3v) is 9.94. The lowest BCUT2D eigenvalue weighted by molar-refractivity contribution is -0.138. The lowest BCUT2D eigenvalue weighted by atomic mass is 9.84. The van der Waals surface area contributed by atoms with Gasteiger partial charge < -0.3 is 5.32 Å². The van der Waals surface area contributed by atoms with E-state index < -0.39 is 75.4 Å². The number of fused-ring (bicyclic) bond motifs is 2. The van der Waals surface area contributed by atoms with Gasteiger partial charge in [0, 0.05) is 23.2 Å². The molecule has 1 saturated heterocycles. The molecule has 0 radical (unpaired) electrons. The highest BCUT2D eigenvalue weighted by Crippen LogP contribution is 2.54. The maximum Gasteiger partial charge on any atom is 0.418 e. The van der Waals surface area contributed by atoms with Gasteiger partial charge >= 0.3 is 17.2 Å². The van der Waals surface area contributed by atoms with Crippen LogP contribution in [-0.2, 0) is 33.3 Å². The number of pyridine rings is 1. The van der Waals surface area contributed by atoms with E-state index in [1.807, 2.05) is 0 Å². The maximum absolute atomic E-state index is 13.8. The Hall–Kier alpha value is -4.44. The number of para-hydroxylation sites is 1. The van der Waals surface area contributed by atoms with Crippen LogP contribution in [0.4, 0.5) is 37.7 Å². The molecule has 3 atom stereocenters. The van der Waals surface area contributed by atoms with Crippen LogP contribution >= 0.6 is 23.1 Å². The highest BCUT2D eigenvalue weighted by atomic mass is 32.2. The summed E-state index contributed by atoms with van der Waals surface area (Å²) in [5, 5.41) is 1.14. The Morgan fingerprint density at radius 3 is 2.36 bits per heavy atom. The minimum absolute atomic E-state index is 0.145. The van der Waals surface area contributed by atoms with Gasteiger partial charge in [-0.2, -0.15) is 26.3 Å². The number of hydrogen-bond donors (Lipinski definition) is 1. The Balaban J connectivity index is 1.39. The van der Waals surface area contributed by atoms with Crippen molar-refractivity contribution in [2.45, 2.75) is 35.1 Å². The van der Waals surface area contributed by atoms with Crippen molar-refractivity contribution in [1.82, 2.24) is 9.55 Å². The van der Waals surface area contributed by atoms with Crippen molar-refractivity contribution in [3.05, 3.63) is 104 Å². The van der Waals surface area contributed by atoms with Gasteiger partial charge in [0.2, 0.25) is 17.7 Å². The molecule has 0 bridgehead atoms. The molecule has 4 heterocycles. The molecule has 8 nitrogen and oxygen atoms in total. The molecule has 2 aliphatic rings. The minimum Gasteiger partial charge on any atom is -0.324 e. The molecule has 0 saturated carbocycles. The first-order valence-electron chi connectivity index (χ1n) is 13.1. The molecule has 16 heteroatoms. The van der Waals surface area contributed by atoms with Crippen LogP contribution in [0.1, 0.15) is 27.5 Å². The topological polar surface area (TPSA) is 101 Å². The summed E-state index contributed by atoms with van der Waals surface area (Å²) in [7, 11) is 0. The average Bonchev–Trinajstić information content (AvgIpc) is 3.43. The number of hydrogen-bond acceptors (Lipinski definition) is 7. The van der Waals surface area contributed by atoms with Crippen LogP contribution in [-0.4, -0.2) is 32.5 Å². The molecule has 3 unspecified atom stereocenters. The van der Waals surface area contributed by atoms with E-state index in [1.165, 1.54) is 24.5 Å². The van der Waals surface area contributed by atoms with Crippen molar-refractivity contribution in [2.75, 3.05) is 10.2 Å². The van der Waals surface area contributed by atoms with Gasteiger partial charge in [-0.15, -0.1) is 0 Å². The molecule has 45 heavy (non-hydrogen) atoms. The fourth-order valence-electron chi connectivity index (χ4n) is 5.42. The van der Waals surface area contributed by atoms with Crippen molar-refractivity contribution in [1.29, 1.82) is 0 Å². The molecule has 2 aliphatic heterocycles. The van der Waals surface area contributed by atoms with Crippen molar-refractivity contribution in [3.8, 4) is 0 Å². The van der Waals surface area contributed by atoms with Gasteiger partial charge in [-0.05, 0) is 42.0 Å². The van der Waals surface area contributed by atoms with Crippen LogP contribution in [0, 0.1) is 5.92 Å². The largest absolute Gasteiger partial charge is 0.418 e. The van der Waals surface area contributed by atoms with E-state index in [-0.39, 0.29) is 10.7 Å². The van der Waals surface area contributed by atoms with E-state index in [1.54, 1.807) is 12.1 Å². The average molecular weight is 665 g/mol. The summed E-state index contributed by atoms with van der Waals surface area (Å²) < 4.78 is 81.8. The third-order valence-electron chi connectivity index (χ3n) is 7.33. The Morgan fingerprint density at radius 1 is 0.911 bits per heavy atom. The fraction of sp³-hybridized carbons (Fsp3) is 0.207. The molecule has 232 valence electrons. The molecular weight excluding hydrogens is 646 g/mol. The molecule has 2 aromatic heterocycles. The number of benzene rings is 2. The predicted octanol–water partition coefficient (Wildman–Crippen LogP) is 5.78. The van der Waals surface area contributed by atoms with Crippen molar-refractivity contribution >= 4 is 52.2 Å². The molecule has 0 spiro atoms. The standard InChI is InChI=1S/C29H18F6N4O4S2/c30-28(31,32)15-6-3-7-16(11-15)39-24(41)21-20(14-5-4-10-36-12-14)23-26(44-22(21)25(39)42)38(27(43)45-23)13-19(40)37-18-9-2-1-8-17(18)29(33,34)35/h1-12,20-22H,13H2,(H,37,40). The van der Waals surface area contributed by atoms with Crippen LogP contribution in [0.2, 0.25) is 0 Å². The normalized spacial score (nSPS) is 19.8. The molecule has 4 aromatic rings. The molecule has 6 rings (SSSR count). The molecule has 3 amide bonds. The molecule has 1 fully saturated rings. The van der Waals surface area contributed by atoms with Crippen LogP contribution in [0.3, 0.4) is 0 Å². The summed E-state index contributed by atoms with van der Waals surface area (Å²) in [6, 6.07) is 11.3. The zero-order valence-corrected chi connectivity index (χ0v) is 24.1. The quantitative estimate of drug-likeness (QED) is 0.215. The maximum atomic E-state index is 13.8. The number of nitrogens with zero attached hydrogens (tertiary/aromatic N) is 3. The number of thioether (sulfide) groups is 1. The monoisotopic (exact) mass is 664 g/mol. The van der Waals surface area contributed by atoms with Gasteiger partial charge in [0.1, 0.15) is 11.8 Å². The van der Waals surface area contributed by atoms with E-state index in [2.05, 4.69) is 10.3 Å². The lowest BCUT2D eigenvalue weighted by Crippen LogP contribution is -2.33. The number of carbonyl (C=O) groups excluding carboxylic acids is 3. The second-order valence-electron chi connectivity index (χ2n) is 10.1. The number of amides is 3. The molecule has 0 aliphatic carbocycles. The van der Waals surface area contributed by atoms with Crippen LogP contribution in [0.15, 0.2) is 82.9 Å². The Morgan fingerprint density at radius 2 is 1.67 bits per heavy atom. The molecular formula is C29H18F6N4O4S2. The third kappa shape index (κ3) is 5.52. The number of thiazole rings is 1. The number of carbonyl (C=O) groups is 3. The number of anilines is 2. The highest BCUT2D eigenvalue weighted by Gasteiger charge is 2.57. The second-order valence-corrected chi connectivity index (χ2v) is 12.2. The Kier molecular flexibility index (Phi) is 7.59. The summed E-state index contributed by atoms with van der Waals surface area (Å²) in [5.74, 6) is -4.60. The van der Waals surface area contributed by atoms with Gasteiger partial charge in [0.15, 0.2) is 0 Å². The first kappa shape index (κ1) is 30.6. The summed E-state index contributed by atoms with van der Waals surface area (Å²) in [5.41, 5.74) is -2.49. The number of aromatic nitrogens is 2. The SMILES string of the molecule is O=C(Cn1c2c(sc1=O)C(c1cccnc1)C1C(=O)N(c3cccc(C(F)(F)F)c3)C(=O)C1S2)Nc1ccccc1C(F)(F)F. The number of halogens is 6. The van der Waals surface area contributed by atoms with Gasteiger partial charge in [-0.25, -0.2) is 4.90 Å². The number of nitrogens with one attached hydrogen (secondary N) is 1. The zero-order valence-electron chi connectivity index (χ0n) is 22.4. The van der Waals surface area contributed by atoms with E-state index >= 15 is 0 Å². The summed E-state index contributed by atoms with van der Waals surface area (Å²) in [6.45, 7) is -0.708. The number of rotatable bonds is 5. The van der Waals surface area contributed by atoms with Crippen molar-refractivity contribution in [2.24, 2.45) is 5.92 Å². The zero-order chi connectivity index (χ0) is 32.3. The smallest absolute Gasteiger partial charge is 0.324 e. The summed E-state index contributed by atoms with van der Waals surface area (Å²) in [6.07, 6.45) is -6.60. The minimum atomic E-state index is -4.76. The van der Waals surface area contributed by atoms with E-state index in [0.717, 1.165) is 46.7 Å². The first-order chi connectivity index (χ1) is 21.3. The van der Waals surface area contributed by atoms with Crippen molar-refractivity contribution < 1.29 is 40.7 Å². The fourth-order valence-corrected chi connectivity index (χ4v) is 8.20. The predicted molar refractivity (Wildman–Crippen MR) is 152 cm³/mol.